The monoisotopic (exact) mass is 298 g/mol. The minimum atomic E-state index is -4.69. The summed E-state index contributed by atoms with van der Waals surface area (Å²) in [5, 5.41) is 8.80. The third-order valence-corrected chi connectivity index (χ3v) is 3.50. The molecule has 104 valence electrons. The van der Waals surface area contributed by atoms with Crippen molar-refractivity contribution in [1.29, 1.82) is 0 Å². The number of halogens is 3. The van der Waals surface area contributed by atoms with Gasteiger partial charge in [-0.3, -0.25) is 0 Å². The highest BCUT2D eigenvalue weighted by atomic mass is 32.2. The molecule has 0 bridgehead atoms. The van der Waals surface area contributed by atoms with E-state index in [1.807, 2.05) is 0 Å². The van der Waals surface area contributed by atoms with Gasteiger partial charge in [-0.1, -0.05) is 30.0 Å². The van der Waals surface area contributed by atoms with E-state index in [1.165, 1.54) is 6.07 Å². The average Bonchev–Trinajstić information content (AvgIpc) is 2.38. The second-order valence-corrected chi connectivity index (χ2v) is 5.07. The first kappa shape index (κ1) is 14.5. The normalized spacial score (nSPS) is 11.3. The van der Waals surface area contributed by atoms with Gasteiger partial charge in [0, 0.05) is 9.79 Å². The summed E-state index contributed by atoms with van der Waals surface area (Å²) in [6, 6.07) is 12.1. The van der Waals surface area contributed by atoms with Crippen LogP contribution in [0.15, 0.2) is 58.3 Å². The van der Waals surface area contributed by atoms with Crippen LogP contribution in [0, 0.1) is 0 Å². The summed E-state index contributed by atoms with van der Waals surface area (Å²) in [5.74, 6) is -1.59. The van der Waals surface area contributed by atoms with Crippen LogP contribution in [0.3, 0.4) is 0 Å². The van der Waals surface area contributed by atoms with Crippen LogP contribution in [0.5, 0.6) is 0 Å². The number of carbonyl (C=O) groups is 1. The smallest absolute Gasteiger partial charge is 0.417 e. The molecule has 0 saturated carbocycles. The van der Waals surface area contributed by atoms with E-state index in [1.54, 1.807) is 30.3 Å². The molecule has 0 heterocycles. The fourth-order valence-electron chi connectivity index (χ4n) is 1.63. The van der Waals surface area contributed by atoms with Gasteiger partial charge in [-0.25, -0.2) is 4.79 Å². The molecule has 2 rings (SSSR count). The maximum atomic E-state index is 12.9. The molecule has 0 saturated heterocycles. The van der Waals surface area contributed by atoms with Crippen LogP contribution in [0.1, 0.15) is 15.9 Å². The molecule has 0 atom stereocenters. The third-order valence-electron chi connectivity index (χ3n) is 2.51. The highest BCUT2D eigenvalue weighted by molar-refractivity contribution is 7.99. The maximum absolute atomic E-state index is 12.9. The molecule has 0 radical (unpaired) electrons. The molecule has 0 aromatic heterocycles. The van der Waals surface area contributed by atoms with Crippen LogP contribution >= 0.6 is 11.8 Å². The lowest BCUT2D eigenvalue weighted by atomic mass is 10.1. The van der Waals surface area contributed by atoms with Crippen molar-refractivity contribution in [2.24, 2.45) is 0 Å². The molecule has 6 heteroatoms. The first-order valence-electron chi connectivity index (χ1n) is 5.55. The maximum Gasteiger partial charge on any atom is 0.417 e. The number of carboxylic acid groups (broad SMARTS) is 1. The summed E-state index contributed by atoms with van der Waals surface area (Å²) < 4.78 is 38.6. The lowest BCUT2D eigenvalue weighted by Crippen LogP contribution is -2.12. The first-order chi connectivity index (χ1) is 9.38. The van der Waals surface area contributed by atoms with Gasteiger partial charge in [0.2, 0.25) is 0 Å². The van der Waals surface area contributed by atoms with Crippen LogP contribution in [0.4, 0.5) is 13.2 Å². The van der Waals surface area contributed by atoms with Crippen LogP contribution in [0.2, 0.25) is 0 Å². The number of hydrogen-bond acceptors (Lipinski definition) is 2. The average molecular weight is 298 g/mol. The van der Waals surface area contributed by atoms with Crippen molar-refractivity contribution < 1.29 is 23.1 Å². The van der Waals surface area contributed by atoms with E-state index in [0.29, 0.717) is 4.90 Å². The van der Waals surface area contributed by atoms with Gasteiger partial charge < -0.3 is 5.11 Å². The predicted molar refractivity (Wildman–Crippen MR) is 69.0 cm³/mol. The second kappa shape index (κ2) is 5.58. The highest BCUT2D eigenvalue weighted by Crippen LogP contribution is 2.36. The number of hydrogen-bond donors (Lipinski definition) is 1. The zero-order valence-corrected chi connectivity index (χ0v) is 10.8. The molecule has 0 aliphatic rings. The van der Waals surface area contributed by atoms with E-state index in [2.05, 4.69) is 0 Å². The molecule has 1 N–H and O–H groups in total. The van der Waals surface area contributed by atoms with Crippen LogP contribution in [-0.2, 0) is 6.18 Å². The Morgan fingerprint density at radius 3 is 2.20 bits per heavy atom. The molecule has 0 aliphatic heterocycles. The molecule has 0 amide bonds. The quantitative estimate of drug-likeness (QED) is 0.903. The Labute approximate surface area is 117 Å². The van der Waals surface area contributed by atoms with Gasteiger partial charge in [-0.05, 0) is 30.3 Å². The number of aromatic carboxylic acids is 1. The molecule has 20 heavy (non-hydrogen) atoms. The Morgan fingerprint density at radius 2 is 1.65 bits per heavy atom. The van der Waals surface area contributed by atoms with Gasteiger partial charge in [-0.2, -0.15) is 13.2 Å². The highest BCUT2D eigenvalue weighted by Gasteiger charge is 2.35. The Bertz CT molecular complexity index is 624. The molecule has 0 fully saturated rings. The standard InChI is InChI=1S/C14H9F3O2S/c15-14(16,17)12-8-10(6-7-11(12)13(18)19)20-9-4-2-1-3-5-9/h1-8H,(H,18,19). The first-order valence-corrected chi connectivity index (χ1v) is 6.37. The zero-order valence-electron chi connectivity index (χ0n) is 10.0. The Hall–Kier alpha value is -1.95. The summed E-state index contributed by atoms with van der Waals surface area (Å²) in [6.45, 7) is 0. The van der Waals surface area contributed by atoms with E-state index in [4.69, 9.17) is 5.11 Å². The zero-order chi connectivity index (χ0) is 14.8. The topological polar surface area (TPSA) is 37.3 Å². The van der Waals surface area contributed by atoms with Gasteiger partial charge in [0.05, 0.1) is 11.1 Å². The summed E-state index contributed by atoms with van der Waals surface area (Å²) in [5.41, 5.74) is -1.87. The van der Waals surface area contributed by atoms with Crippen LogP contribution < -0.4 is 0 Å². The lowest BCUT2D eigenvalue weighted by molar-refractivity contribution is -0.138. The third kappa shape index (κ3) is 3.33. The SMILES string of the molecule is O=C(O)c1ccc(Sc2ccccc2)cc1C(F)(F)F. The summed E-state index contributed by atoms with van der Waals surface area (Å²) in [7, 11) is 0. The number of rotatable bonds is 3. The largest absolute Gasteiger partial charge is 0.478 e. The van der Waals surface area contributed by atoms with E-state index < -0.39 is 23.3 Å². The Balaban J connectivity index is 2.40. The molecule has 2 nitrogen and oxygen atoms in total. The molecule has 2 aromatic rings. The fourth-order valence-corrected chi connectivity index (χ4v) is 2.51. The van der Waals surface area contributed by atoms with Crippen LogP contribution in [-0.4, -0.2) is 11.1 Å². The van der Waals surface area contributed by atoms with Gasteiger partial charge in [0.25, 0.3) is 0 Å². The number of benzene rings is 2. The van der Waals surface area contributed by atoms with Crippen molar-refractivity contribution in [3.8, 4) is 0 Å². The molecule has 0 aliphatic carbocycles. The Kier molecular flexibility index (Phi) is 4.04. The lowest BCUT2D eigenvalue weighted by Gasteiger charge is -2.12. The minimum absolute atomic E-state index is 0.341. The van der Waals surface area contributed by atoms with Gasteiger partial charge in [0.15, 0.2) is 0 Å². The molecular weight excluding hydrogens is 289 g/mol. The molecule has 2 aromatic carbocycles. The van der Waals surface area contributed by atoms with Crippen molar-refractivity contribution in [2.75, 3.05) is 0 Å². The van der Waals surface area contributed by atoms with Gasteiger partial charge in [0.1, 0.15) is 0 Å². The number of carboxylic acids is 1. The predicted octanol–water partition coefficient (Wildman–Crippen LogP) is 4.55. The van der Waals surface area contributed by atoms with E-state index in [9.17, 15) is 18.0 Å². The fraction of sp³-hybridized carbons (Fsp3) is 0.0714. The van der Waals surface area contributed by atoms with Gasteiger partial charge in [-0.15, -0.1) is 0 Å². The van der Waals surface area contributed by atoms with E-state index in [0.717, 1.165) is 28.8 Å². The van der Waals surface area contributed by atoms with Crippen molar-refractivity contribution in [2.45, 2.75) is 16.0 Å². The Morgan fingerprint density at radius 1 is 1.00 bits per heavy atom. The van der Waals surface area contributed by atoms with Crippen molar-refractivity contribution >= 4 is 17.7 Å². The van der Waals surface area contributed by atoms with E-state index >= 15 is 0 Å². The molecule has 0 spiro atoms. The van der Waals surface area contributed by atoms with Crippen molar-refractivity contribution in [3.63, 3.8) is 0 Å². The van der Waals surface area contributed by atoms with Crippen molar-refractivity contribution in [3.05, 3.63) is 59.7 Å². The second-order valence-electron chi connectivity index (χ2n) is 3.93. The minimum Gasteiger partial charge on any atom is -0.478 e. The van der Waals surface area contributed by atoms with E-state index in [-0.39, 0.29) is 0 Å². The summed E-state index contributed by atoms with van der Waals surface area (Å²) in [4.78, 5) is 12.0. The molecular formula is C14H9F3O2S. The van der Waals surface area contributed by atoms with Gasteiger partial charge >= 0.3 is 12.1 Å². The number of alkyl halides is 3. The molecule has 0 unspecified atom stereocenters. The summed E-state index contributed by atoms with van der Waals surface area (Å²) in [6.07, 6.45) is -4.69. The van der Waals surface area contributed by atoms with Crippen LogP contribution in [0.25, 0.3) is 0 Å². The summed E-state index contributed by atoms with van der Waals surface area (Å²) >= 11 is 1.15. The van der Waals surface area contributed by atoms with Crippen molar-refractivity contribution in [1.82, 2.24) is 0 Å².